The molecule has 7 heteroatoms. The number of hydrogen-bond donors (Lipinski definition) is 1. The van der Waals surface area contributed by atoms with Crippen LogP contribution in [0.15, 0.2) is 24.3 Å². The maximum absolute atomic E-state index is 13.6. The van der Waals surface area contributed by atoms with Gasteiger partial charge in [-0.1, -0.05) is 17.7 Å². The molecule has 0 saturated heterocycles. The molecule has 1 aromatic heterocycles. The molecule has 20 heavy (non-hydrogen) atoms. The minimum atomic E-state index is -0.644. The molecule has 2 rings (SSSR count). The van der Waals surface area contributed by atoms with Crippen LogP contribution in [0.1, 0.15) is 27.8 Å². The minimum Gasteiger partial charge on any atom is -0.318 e. The van der Waals surface area contributed by atoms with E-state index in [9.17, 15) is 14.0 Å². The van der Waals surface area contributed by atoms with E-state index in [1.165, 1.54) is 25.1 Å². The third-order valence-corrected chi connectivity index (χ3v) is 2.84. The fourth-order valence-corrected chi connectivity index (χ4v) is 1.86. The van der Waals surface area contributed by atoms with Crippen LogP contribution in [0.3, 0.4) is 0 Å². The molecule has 0 unspecified atom stereocenters. The second-order valence-electron chi connectivity index (χ2n) is 4.22. The molecule has 0 fully saturated rings. The third-order valence-electron chi connectivity index (χ3n) is 2.57. The summed E-state index contributed by atoms with van der Waals surface area (Å²) < 4.78 is 14.5. The molecule has 5 nitrogen and oxygen atoms in total. The number of rotatable bonds is 2. The molecule has 1 heterocycles. The van der Waals surface area contributed by atoms with Crippen LogP contribution in [-0.2, 0) is 0 Å². The maximum atomic E-state index is 13.6. The van der Waals surface area contributed by atoms with E-state index in [0.717, 1.165) is 10.2 Å². The Morgan fingerprint density at radius 1 is 1.35 bits per heavy atom. The van der Waals surface area contributed by atoms with Crippen molar-refractivity contribution in [1.82, 2.24) is 9.78 Å². The number of anilines is 1. The Morgan fingerprint density at radius 3 is 2.60 bits per heavy atom. The smallest absolute Gasteiger partial charge is 0.276 e. The summed E-state index contributed by atoms with van der Waals surface area (Å²) in [5.41, 5.74) is 0.712. The molecule has 2 aromatic rings. The van der Waals surface area contributed by atoms with Crippen LogP contribution >= 0.6 is 11.6 Å². The first kappa shape index (κ1) is 14.2. The second kappa shape index (κ2) is 5.42. The van der Waals surface area contributed by atoms with Crippen LogP contribution in [0.25, 0.3) is 0 Å². The van der Waals surface area contributed by atoms with Gasteiger partial charge in [0, 0.05) is 13.0 Å². The van der Waals surface area contributed by atoms with Crippen molar-refractivity contribution in [3.63, 3.8) is 0 Å². The number of nitrogens with one attached hydrogen (secondary N) is 1. The van der Waals surface area contributed by atoms with Gasteiger partial charge in [0.2, 0.25) is 5.91 Å². The molecule has 0 spiro atoms. The summed E-state index contributed by atoms with van der Waals surface area (Å²) >= 11 is 5.76. The summed E-state index contributed by atoms with van der Waals surface area (Å²) in [7, 11) is 0. The van der Waals surface area contributed by atoms with Gasteiger partial charge < -0.3 is 5.32 Å². The van der Waals surface area contributed by atoms with Crippen LogP contribution in [0, 0.1) is 12.7 Å². The predicted octanol–water partition coefficient (Wildman–Crippen LogP) is 2.90. The number of carbonyl (C=O) groups excluding carboxylic acids is 2. The van der Waals surface area contributed by atoms with Gasteiger partial charge in [-0.3, -0.25) is 9.59 Å². The molecule has 1 aromatic carbocycles. The molecular weight excluding hydrogens is 285 g/mol. The van der Waals surface area contributed by atoms with Crippen molar-refractivity contribution in [2.75, 3.05) is 5.32 Å². The summed E-state index contributed by atoms with van der Waals surface area (Å²) in [6.45, 7) is 3.00. The molecule has 0 atom stereocenters. The number of halogens is 2. The Labute approximate surface area is 119 Å². The first-order valence-electron chi connectivity index (χ1n) is 5.72. The van der Waals surface area contributed by atoms with E-state index in [1.807, 2.05) is 0 Å². The lowest BCUT2D eigenvalue weighted by Crippen LogP contribution is -2.15. The average molecular weight is 296 g/mol. The summed E-state index contributed by atoms with van der Waals surface area (Å²) in [4.78, 5) is 23.1. The number of nitrogens with zero attached hydrogens (tertiary/aromatic N) is 2. The van der Waals surface area contributed by atoms with Gasteiger partial charge >= 0.3 is 0 Å². The predicted molar refractivity (Wildman–Crippen MR) is 72.6 cm³/mol. The van der Waals surface area contributed by atoms with E-state index in [-0.39, 0.29) is 16.5 Å². The van der Waals surface area contributed by atoms with Gasteiger partial charge in [-0.2, -0.15) is 9.78 Å². The Balaban J connectivity index is 2.24. The van der Waals surface area contributed by atoms with Gasteiger partial charge in [-0.05, 0) is 24.6 Å². The van der Waals surface area contributed by atoms with Gasteiger partial charge in [-0.25, -0.2) is 4.39 Å². The number of amides is 1. The van der Waals surface area contributed by atoms with Gasteiger partial charge in [0.25, 0.3) is 5.91 Å². The van der Waals surface area contributed by atoms with Crippen molar-refractivity contribution in [2.24, 2.45) is 0 Å². The first-order valence-corrected chi connectivity index (χ1v) is 6.10. The highest BCUT2D eigenvalue weighted by atomic mass is 35.5. The van der Waals surface area contributed by atoms with E-state index in [0.29, 0.717) is 0 Å². The molecule has 1 N–H and O–H groups in total. The quantitative estimate of drug-likeness (QED) is 0.926. The van der Waals surface area contributed by atoms with Gasteiger partial charge in [0.1, 0.15) is 11.0 Å². The van der Waals surface area contributed by atoms with Gasteiger partial charge in [-0.15, -0.1) is 0 Å². The summed E-state index contributed by atoms with van der Waals surface area (Å²) in [5.74, 6) is -1.61. The Bertz CT molecular complexity index is 697. The van der Waals surface area contributed by atoms with E-state index in [1.54, 1.807) is 13.0 Å². The largest absolute Gasteiger partial charge is 0.318 e. The third kappa shape index (κ3) is 2.85. The zero-order chi connectivity index (χ0) is 14.9. The normalized spacial score (nSPS) is 10.4. The lowest BCUT2D eigenvalue weighted by atomic mass is 10.2. The van der Waals surface area contributed by atoms with E-state index in [2.05, 4.69) is 10.4 Å². The molecule has 0 aliphatic rings. The fraction of sp³-hybridized carbons (Fsp3) is 0.154. The van der Waals surface area contributed by atoms with Crippen molar-refractivity contribution in [1.29, 1.82) is 0 Å². The number of carbonyl (C=O) groups is 2. The number of aromatic nitrogens is 2. The average Bonchev–Trinajstić information content (AvgIpc) is 2.75. The molecule has 0 bridgehead atoms. The molecule has 1 amide bonds. The van der Waals surface area contributed by atoms with Gasteiger partial charge in [0.15, 0.2) is 5.69 Å². The molecule has 0 aliphatic heterocycles. The first-order chi connectivity index (χ1) is 9.38. The monoisotopic (exact) mass is 295 g/mol. The lowest BCUT2D eigenvalue weighted by Gasteiger charge is -2.05. The Hall–Kier alpha value is -2.21. The zero-order valence-electron chi connectivity index (χ0n) is 10.8. The zero-order valence-corrected chi connectivity index (χ0v) is 11.5. The molecule has 0 aliphatic carbocycles. The number of benzene rings is 1. The standard InChI is InChI=1S/C13H11ClFN3O2/c1-7-3-4-10(9(15)5-7)16-13(20)11-6-12(14)18(17-11)8(2)19/h3-6H,1-2H3,(H,16,20). The highest BCUT2D eigenvalue weighted by Gasteiger charge is 2.16. The molecule has 0 radical (unpaired) electrons. The van der Waals surface area contributed by atoms with Crippen LogP contribution in [0.5, 0.6) is 0 Å². The van der Waals surface area contributed by atoms with E-state index < -0.39 is 17.6 Å². The minimum absolute atomic E-state index is 0.0204. The molecule has 104 valence electrons. The van der Waals surface area contributed by atoms with Crippen molar-refractivity contribution < 1.29 is 14.0 Å². The van der Waals surface area contributed by atoms with E-state index >= 15 is 0 Å². The fourth-order valence-electron chi connectivity index (χ4n) is 1.60. The molecule has 0 saturated carbocycles. The maximum Gasteiger partial charge on any atom is 0.276 e. The lowest BCUT2D eigenvalue weighted by molar-refractivity contribution is 0.0920. The topological polar surface area (TPSA) is 64.0 Å². The van der Waals surface area contributed by atoms with Crippen molar-refractivity contribution in [3.8, 4) is 0 Å². The summed E-state index contributed by atoms with van der Waals surface area (Å²) in [6, 6.07) is 5.66. The SMILES string of the molecule is CC(=O)n1nc(C(=O)Nc2ccc(C)cc2F)cc1Cl. The second-order valence-corrected chi connectivity index (χ2v) is 4.61. The summed E-state index contributed by atoms with van der Waals surface area (Å²) in [6.07, 6.45) is 0. The highest BCUT2D eigenvalue weighted by Crippen LogP contribution is 2.17. The Kier molecular flexibility index (Phi) is 3.85. The van der Waals surface area contributed by atoms with E-state index in [4.69, 9.17) is 11.6 Å². The van der Waals surface area contributed by atoms with Crippen molar-refractivity contribution >= 4 is 29.1 Å². The van der Waals surface area contributed by atoms with Crippen LogP contribution in [0.2, 0.25) is 5.15 Å². The number of aryl methyl sites for hydroxylation is 1. The van der Waals surface area contributed by atoms with Crippen LogP contribution < -0.4 is 5.32 Å². The van der Waals surface area contributed by atoms with Crippen LogP contribution in [-0.4, -0.2) is 21.6 Å². The van der Waals surface area contributed by atoms with Crippen LogP contribution in [0.4, 0.5) is 10.1 Å². The highest BCUT2D eigenvalue weighted by molar-refractivity contribution is 6.31. The number of hydrogen-bond acceptors (Lipinski definition) is 3. The Morgan fingerprint density at radius 2 is 2.05 bits per heavy atom. The van der Waals surface area contributed by atoms with Gasteiger partial charge in [0.05, 0.1) is 5.69 Å². The molecular formula is C13H11ClFN3O2. The summed E-state index contributed by atoms with van der Waals surface area (Å²) in [5, 5.41) is 6.15. The van der Waals surface area contributed by atoms with Crippen molar-refractivity contribution in [3.05, 3.63) is 46.5 Å². The van der Waals surface area contributed by atoms with Crippen molar-refractivity contribution in [2.45, 2.75) is 13.8 Å².